The van der Waals surface area contributed by atoms with Gasteiger partial charge in [0.25, 0.3) is 0 Å². The number of hydrogen-bond donors (Lipinski definition) is 0. The summed E-state index contributed by atoms with van der Waals surface area (Å²) < 4.78 is 6.60. The highest BCUT2D eigenvalue weighted by Crippen LogP contribution is 2.44. The highest BCUT2D eigenvalue weighted by Gasteiger charge is 2.39. The maximum Gasteiger partial charge on any atom is 0.138 e. The third-order valence-electron chi connectivity index (χ3n) is 4.35. The van der Waals surface area contributed by atoms with Crippen LogP contribution in [0.3, 0.4) is 0 Å². The Balaban J connectivity index is 1.79. The molecule has 1 aliphatic heterocycles. The fourth-order valence-electron chi connectivity index (χ4n) is 3.19. The maximum atomic E-state index is 6.60. The molecule has 1 heteroatoms. The van der Waals surface area contributed by atoms with E-state index in [1.54, 1.807) is 0 Å². The van der Waals surface area contributed by atoms with Crippen LogP contribution >= 0.6 is 0 Å². The van der Waals surface area contributed by atoms with E-state index in [1.165, 1.54) is 5.56 Å². The molecule has 112 valence electrons. The first-order valence-electron chi connectivity index (χ1n) is 7.92. The molecular formula is C22H18O. The van der Waals surface area contributed by atoms with E-state index in [9.17, 15) is 0 Å². The van der Waals surface area contributed by atoms with Crippen LogP contribution in [0.2, 0.25) is 0 Å². The minimum absolute atomic E-state index is 0.0309. The van der Waals surface area contributed by atoms with E-state index in [2.05, 4.69) is 84.9 Å². The van der Waals surface area contributed by atoms with Crippen molar-refractivity contribution in [1.29, 1.82) is 0 Å². The molecule has 0 aliphatic carbocycles. The monoisotopic (exact) mass is 298 g/mol. The first-order chi connectivity index (χ1) is 11.4. The minimum atomic E-state index is -0.525. The molecule has 23 heavy (non-hydrogen) atoms. The van der Waals surface area contributed by atoms with Crippen LogP contribution in [0.1, 0.15) is 22.8 Å². The molecule has 0 N–H and O–H groups in total. The molecule has 0 saturated heterocycles. The summed E-state index contributed by atoms with van der Waals surface area (Å²) in [6, 6.07) is 31.2. The predicted molar refractivity (Wildman–Crippen MR) is 93.1 cm³/mol. The molecule has 1 unspecified atom stereocenters. The Kier molecular flexibility index (Phi) is 3.57. The third kappa shape index (κ3) is 2.49. The van der Waals surface area contributed by atoms with Crippen molar-refractivity contribution in [3.8, 4) is 0 Å². The molecule has 0 saturated carbocycles. The second-order valence-electron chi connectivity index (χ2n) is 5.78. The van der Waals surface area contributed by atoms with Crippen molar-refractivity contribution >= 4 is 0 Å². The van der Waals surface area contributed by atoms with Crippen molar-refractivity contribution in [2.24, 2.45) is 0 Å². The van der Waals surface area contributed by atoms with Gasteiger partial charge in [-0.3, -0.25) is 0 Å². The Morgan fingerprint density at radius 2 is 1.09 bits per heavy atom. The van der Waals surface area contributed by atoms with E-state index in [-0.39, 0.29) is 6.10 Å². The minimum Gasteiger partial charge on any atom is -0.349 e. The molecule has 0 bridgehead atoms. The number of hydrogen-bond acceptors (Lipinski definition) is 1. The van der Waals surface area contributed by atoms with Gasteiger partial charge in [-0.15, -0.1) is 0 Å². The number of rotatable bonds is 3. The maximum absolute atomic E-state index is 6.60. The largest absolute Gasteiger partial charge is 0.349 e. The van der Waals surface area contributed by atoms with Crippen LogP contribution in [0.4, 0.5) is 0 Å². The Morgan fingerprint density at radius 3 is 1.61 bits per heavy atom. The lowest BCUT2D eigenvalue weighted by atomic mass is 9.86. The third-order valence-corrected chi connectivity index (χ3v) is 4.35. The molecule has 1 atom stereocenters. The van der Waals surface area contributed by atoms with E-state index in [0.717, 1.165) is 11.1 Å². The van der Waals surface area contributed by atoms with Gasteiger partial charge in [-0.2, -0.15) is 0 Å². The Hall–Kier alpha value is -2.64. The zero-order chi connectivity index (χ0) is 15.5. The van der Waals surface area contributed by atoms with Crippen molar-refractivity contribution in [3.05, 3.63) is 120 Å². The molecule has 0 aromatic heterocycles. The van der Waals surface area contributed by atoms with Gasteiger partial charge in [-0.25, -0.2) is 0 Å². The van der Waals surface area contributed by atoms with Crippen LogP contribution in [0.15, 0.2) is 103 Å². The van der Waals surface area contributed by atoms with Gasteiger partial charge in [0.15, 0.2) is 0 Å². The predicted octanol–water partition coefficient (Wildman–Crippen LogP) is 5.26. The second-order valence-corrected chi connectivity index (χ2v) is 5.78. The van der Waals surface area contributed by atoms with Crippen molar-refractivity contribution in [3.63, 3.8) is 0 Å². The summed E-state index contributed by atoms with van der Waals surface area (Å²) in [5.74, 6) is 0. The highest BCUT2D eigenvalue weighted by atomic mass is 16.5. The zero-order valence-corrected chi connectivity index (χ0v) is 12.8. The molecule has 3 aromatic rings. The summed E-state index contributed by atoms with van der Waals surface area (Å²) in [7, 11) is 0. The van der Waals surface area contributed by atoms with Gasteiger partial charge in [0, 0.05) is 0 Å². The van der Waals surface area contributed by atoms with Crippen LogP contribution in [-0.4, -0.2) is 0 Å². The first-order valence-corrected chi connectivity index (χ1v) is 7.92. The van der Waals surface area contributed by atoms with Crippen LogP contribution in [0.5, 0.6) is 0 Å². The first kappa shape index (κ1) is 14.0. The molecule has 1 aliphatic rings. The molecule has 0 radical (unpaired) electrons. The molecule has 4 rings (SSSR count). The van der Waals surface area contributed by atoms with Crippen LogP contribution in [0, 0.1) is 0 Å². The average molecular weight is 298 g/mol. The van der Waals surface area contributed by atoms with Crippen LogP contribution < -0.4 is 0 Å². The topological polar surface area (TPSA) is 9.23 Å². The molecule has 1 nitrogen and oxygen atoms in total. The van der Waals surface area contributed by atoms with Gasteiger partial charge in [0.2, 0.25) is 0 Å². The van der Waals surface area contributed by atoms with Crippen LogP contribution in [0.25, 0.3) is 0 Å². The smallest absolute Gasteiger partial charge is 0.138 e. The number of benzene rings is 3. The van der Waals surface area contributed by atoms with Crippen molar-refractivity contribution in [1.82, 2.24) is 0 Å². The van der Waals surface area contributed by atoms with E-state index in [4.69, 9.17) is 4.74 Å². The lowest BCUT2D eigenvalue weighted by Gasteiger charge is -2.30. The van der Waals surface area contributed by atoms with Gasteiger partial charge in [0.1, 0.15) is 11.7 Å². The average Bonchev–Trinajstić information content (AvgIpc) is 3.11. The van der Waals surface area contributed by atoms with E-state index in [1.807, 2.05) is 18.2 Å². The Bertz CT molecular complexity index is 752. The number of ether oxygens (including phenoxy) is 1. The summed E-state index contributed by atoms with van der Waals surface area (Å²) in [5.41, 5.74) is 2.96. The van der Waals surface area contributed by atoms with Gasteiger partial charge >= 0.3 is 0 Å². The van der Waals surface area contributed by atoms with Crippen molar-refractivity contribution in [2.45, 2.75) is 11.7 Å². The van der Waals surface area contributed by atoms with E-state index >= 15 is 0 Å². The molecule has 0 amide bonds. The summed E-state index contributed by atoms with van der Waals surface area (Å²) in [6.45, 7) is 0. The molecule has 1 heterocycles. The molecular weight excluding hydrogens is 280 g/mol. The molecule has 0 fully saturated rings. The summed E-state index contributed by atoms with van der Waals surface area (Å²) in [5, 5.41) is 0. The van der Waals surface area contributed by atoms with Gasteiger partial charge < -0.3 is 4.74 Å². The Labute approximate surface area is 136 Å². The lowest BCUT2D eigenvalue weighted by molar-refractivity contribution is -0.000295. The summed E-state index contributed by atoms with van der Waals surface area (Å²) in [6.07, 6.45) is 4.32. The second kappa shape index (κ2) is 5.86. The SMILES string of the molecule is C1=CC(c2ccccc2)(c2ccccc2)OC1c1ccccc1. The summed E-state index contributed by atoms with van der Waals surface area (Å²) >= 11 is 0. The Morgan fingerprint density at radius 1 is 0.609 bits per heavy atom. The van der Waals surface area contributed by atoms with Crippen molar-refractivity contribution < 1.29 is 4.74 Å². The zero-order valence-electron chi connectivity index (χ0n) is 12.8. The van der Waals surface area contributed by atoms with E-state index in [0.29, 0.717) is 0 Å². The quantitative estimate of drug-likeness (QED) is 0.599. The lowest BCUT2D eigenvalue weighted by Crippen LogP contribution is -2.26. The molecule has 0 spiro atoms. The fraction of sp³-hybridized carbons (Fsp3) is 0.0909. The normalized spacial score (nSPS) is 18.9. The van der Waals surface area contributed by atoms with Gasteiger partial charge in [0.05, 0.1) is 0 Å². The van der Waals surface area contributed by atoms with E-state index < -0.39 is 5.60 Å². The standard InChI is InChI=1S/C22H18O/c1-4-10-18(11-5-1)21-16-17-22(23-21,19-12-6-2-7-13-19)20-14-8-3-9-15-20/h1-17,21H. The van der Waals surface area contributed by atoms with Crippen LogP contribution in [-0.2, 0) is 10.3 Å². The fourth-order valence-corrected chi connectivity index (χ4v) is 3.19. The molecule has 3 aromatic carbocycles. The summed E-state index contributed by atoms with van der Waals surface area (Å²) in [4.78, 5) is 0. The van der Waals surface area contributed by atoms with Gasteiger partial charge in [-0.1, -0.05) is 97.1 Å². The highest BCUT2D eigenvalue weighted by molar-refractivity contribution is 5.44. The van der Waals surface area contributed by atoms with Crippen molar-refractivity contribution in [2.75, 3.05) is 0 Å². The van der Waals surface area contributed by atoms with Gasteiger partial charge in [-0.05, 0) is 22.8 Å².